The molecule has 0 radical (unpaired) electrons. The maximum absolute atomic E-state index is 11.1. The summed E-state index contributed by atoms with van der Waals surface area (Å²) >= 11 is 0. The van der Waals surface area contributed by atoms with Gasteiger partial charge in [-0.25, -0.2) is 4.79 Å². The van der Waals surface area contributed by atoms with Crippen LogP contribution in [0.5, 0.6) is 0 Å². The van der Waals surface area contributed by atoms with Crippen molar-refractivity contribution in [1.82, 2.24) is 5.32 Å². The normalized spacial score (nSPS) is 22.1. The van der Waals surface area contributed by atoms with Gasteiger partial charge in [-0.1, -0.05) is 12.2 Å². The number of esters is 1. The number of carbonyl (C=O) groups is 1. The highest BCUT2D eigenvalue weighted by atomic mass is 16.5. The van der Waals surface area contributed by atoms with Crippen molar-refractivity contribution < 1.29 is 14.6 Å². The molecule has 0 bridgehead atoms. The van der Waals surface area contributed by atoms with Crippen molar-refractivity contribution in [3.63, 3.8) is 0 Å². The summed E-state index contributed by atoms with van der Waals surface area (Å²) in [5, 5.41) is 12.0. The minimum absolute atomic E-state index is 0.119. The van der Waals surface area contributed by atoms with Crippen LogP contribution >= 0.6 is 0 Å². The van der Waals surface area contributed by atoms with E-state index in [1.165, 1.54) is 7.11 Å². The van der Waals surface area contributed by atoms with Gasteiger partial charge in [0.1, 0.15) is 0 Å². The molecule has 18 heavy (non-hydrogen) atoms. The number of hydrogen-bond acceptors (Lipinski definition) is 4. The number of unbranched alkanes of at least 4 members (excludes halogenated alkanes) is 1. The van der Waals surface area contributed by atoms with Crippen molar-refractivity contribution >= 4 is 5.97 Å². The minimum atomic E-state index is -0.288. The Bertz CT molecular complexity index is 310. The SMILES string of the molecule is COC(=O)/C=C1/CCCC(CCC/C=C\CO)N1. The zero-order valence-corrected chi connectivity index (χ0v) is 11.0. The molecule has 102 valence electrons. The first-order valence-corrected chi connectivity index (χ1v) is 6.57. The van der Waals surface area contributed by atoms with Crippen molar-refractivity contribution in [2.24, 2.45) is 0 Å². The first-order valence-electron chi connectivity index (χ1n) is 6.57. The Morgan fingerprint density at radius 2 is 2.39 bits per heavy atom. The zero-order chi connectivity index (χ0) is 13.2. The highest BCUT2D eigenvalue weighted by Gasteiger charge is 2.16. The molecular formula is C14H23NO3. The number of allylic oxidation sites excluding steroid dienone is 2. The van der Waals surface area contributed by atoms with Crippen LogP contribution in [-0.4, -0.2) is 30.8 Å². The molecule has 0 saturated carbocycles. The molecule has 4 nitrogen and oxygen atoms in total. The summed E-state index contributed by atoms with van der Waals surface area (Å²) in [5.74, 6) is -0.288. The Morgan fingerprint density at radius 3 is 3.11 bits per heavy atom. The van der Waals surface area contributed by atoms with Crippen molar-refractivity contribution in [2.75, 3.05) is 13.7 Å². The number of ether oxygens (including phenoxy) is 1. The molecule has 1 rings (SSSR count). The molecule has 1 atom stereocenters. The zero-order valence-electron chi connectivity index (χ0n) is 11.0. The average Bonchev–Trinajstić information content (AvgIpc) is 2.39. The molecule has 0 aromatic carbocycles. The number of piperidine rings is 1. The van der Waals surface area contributed by atoms with Gasteiger partial charge in [0.05, 0.1) is 13.7 Å². The lowest BCUT2D eigenvalue weighted by atomic mass is 9.97. The lowest BCUT2D eigenvalue weighted by Crippen LogP contribution is -2.32. The van der Waals surface area contributed by atoms with Crippen LogP contribution in [0.1, 0.15) is 38.5 Å². The van der Waals surface area contributed by atoms with E-state index in [1.54, 1.807) is 12.2 Å². The summed E-state index contributed by atoms with van der Waals surface area (Å²) in [6.45, 7) is 0.119. The molecule has 0 aromatic rings. The third-order valence-electron chi connectivity index (χ3n) is 3.08. The Hall–Kier alpha value is -1.29. The van der Waals surface area contributed by atoms with Gasteiger partial charge in [0.15, 0.2) is 0 Å². The fourth-order valence-electron chi connectivity index (χ4n) is 2.15. The van der Waals surface area contributed by atoms with E-state index >= 15 is 0 Å². The summed E-state index contributed by atoms with van der Waals surface area (Å²) in [7, 11) is 1.40. The van der Waals surface area contributed by atoms with E-state index in [0.29, 0.717) is 6.04 Å². The summed E-state index contributed by atoms with van der Waals surface area (Å²) in [4.78, 5) is 11.1. The Morgan fingerprint density at radius 1 is 1.56 bits per heavy atom. The van der Waals surface area contributed by atoms with Crippen LogP contribution in [0.25, 0.3) is 0 Å². The number of hydrogen-bond donors (Lipinski definition) is 2. The molecule has 0 spiro atoms. The Kier molecular flexibility index (Phi) is 7.18. The third-order valence-corrected chi connectivity index (χ3v) is 3.08. The highest BCUT2D eigenvalue weighted by molar-refractivity contribution is 5.82. The van der Waals surface area contributed by atoms with Gasteiger partial charge < -0.3 is 15.2 Å². The fourth-order valence-corrected chi connectivity index (χ4v) is 2.15. The standard InChI is InChI=1S/C14H23NO3/c1-18-14(17)11-13-9-6-8-12(15-13)7-4-2-3-5-10-16/h3,5,11-12,15-16H,2,4,6-10H2,1H3/b5-3-,13-11-. The fraction of sp³-hybridized carbons (Fsp3) is 0.643. The predicted molar refractivity (Wildman–Crippen MR) is 71.0 cm³/mol. The number of rotatable bonds is 6. The largest absolute Gasteiger partial charge is 0.466 e. The molecule has 1 fully saturated rings. The maximum Gasteiger partial charge on any atom is 0.332 e. The van der Waals surface area contributed by atoms with E-state index in [9.17, 15) is 4.79 Å². The third kappa shape index (κ3) is 5.87. The van der Waals surface area contributed by atoms with Gasteiger partial charge in [0.2, 0.25) is 0 Å². The molecule has 0 aromatic heterocycles. The van der Waals surface area contributed by atoms with E-state index in [1.807, 2.05) is 6.08 Å². The monoisotopic (exact) mass is 253 g/mol. The second-order valence-electron chi connectivity index (χ2n) is 4.51. The van der Waals surface area contributed by atoms with Gasteiger partial charge in [-0.3, -0.25) is 0 Å². The van der Waals surface area contributed by atoms with E-state index < -0.39 is 0 Å². The van der Waals surface area contributed by atoms with Crippen LogP contribution in [0.3, 0.4) is 0 Å². The maximum atomic E-state index is 11.1. The Balaban J connectivity index is 2.28. The molecule has 1 saturated heterocycles. The predicted octanol–water partition coefficient (Wildman–Crippen LogP) is 1.90. The van der Waals surface area contributed by atoms with Crippen LogP contribution in [0.2, 0.25) is 0 Å². The smallest absolute Gasteiger partial charge is 0.332 e. The van der Waals surface area contributed by atoms with E-state index in [2.05, 4.69) is 10.1 Å². The average molecular weight is 253 g/mol. The number of aliphatic hydroxyl groups excluding tert-OH is 1. The van der Waals surface area contributed by atoms with Crippen LogP contribution < -0.4 is 5.32 Å². The van der Waals surface area contributed by atoms with Crippen LogP contribution in [-0.2, 0) is 9.53 Å². The Labute approximate surface area is 109 Å². The second kappa shape index (κ2) is 8.75. The van der Waals surface area contributed by atoms with Gasteiger partial charge in [-0.05, 0) is 38.5 Å². The van der Waals surface area contributed by atoms with Gasteiger partial charge >= 0.3 is 5.97 Å². The van der Waals surface area contributed by atoms with Crippen molar-refractivity contribution in [1.29, 1.82) is 0 Å². The number of aliphatic hydroxyl groups is 1. The quantitative estimate of drug-likeness (QED) is 0.328. The topological polar surface area (TPSA) is 58.6 Å². The number of carbonyl (C=O) groups excluding carboxylic acids is 1. The number of nitrogens with one attached hydrogen (secondary N) is 1. The summed E-state index contributed by atoms with van der Waals surface area (Å²) in [6, 6.07) is 0.456. The summed E-state index contributed by atoms with van der Waals surface area (Å²) in [6.07, 6.45) is 11.7. The molecule has 4 heteroatoms. The summed E-state index contributed by atoms with van der Waals surface area (Å²) < 4.78 is 4.63. The van der Waals surface area contributed by atoms with Crippen molar-refractivity contribution in [2.45, 2.75) is 44.6 Å². The van der Waals surface area contributed by atoms with Crippen LogP contribution in [0.15, 0.2) is 23.9 Å². The molecule has 1 heterocycles. The van der Waals surface area contributed by atoms with Gasteiger partial charge in [-0.15, -0.1) is 0 Å². The molecule has 0 amide bonds. The number of methoxy groups -OCH3 is 1. The lowest BCUT2D eigenvalue weighted by Gasteiger charge is -2.26. The van der Waals surface area contributed by atoms with Crippen LogP contribution in [0.4, 0.5) is 0 Å². The van der Waals surface area contributed by atoms with Crippen LogP contribution in [0, 0.1) is 0 Å². The van der Waals surface area contributed by atoms with Crippen molar-refractivity contribution in [3.8, 4) is 0 Å². The van der Waals surface area contributed by atoms with Gasteiger partial charge in [0.25, 0.3) is 0 Å². The first kappa shape index (κ1) is 14.8. The van der Waals surface area contributed by atoms with Gasteiger partial charge in [-0.2, -0.15) is 0 Å². The molecule has 1 aliphatic heterocycles. The van der Waals surface area contributed by atoms with E-state index in [0.717, 1.165) is 44.2 Å². The molecule has 2 N–H and O–H groups in total. The lowest BCUT2D eigenvalue weighted by molar-refractivity contribution is -0.134. The van der Waals surface area contributed by atoms with E-state index in [4.69, 9.17) is 5.11 Å². The molecule has 1 aliphatic rings. The molecular weight excluding hydrogens is 230 g/mol. The highest BCUT2D eigenvalue weighted by Crippen LogP contribution is 2.19. The van der Waals surface area contributed by atoms with Crippen molar-refractivity contribution in [3.05, 3.63) is 23.9 Å². The molecule has 1 unspecified atom stereocenters. The van der Waals surface area contributed by atoms with E-state index in [-0.39, 0.29) is 12.6 Å². The molecule has 0 aliphatic carbocycles. The van der Waals surface area contributed by atoms with Gasteiger partial charge in [0, 0.05) is 17.8 Å². The minimum Gasteiger partial charge on any atom is -0.466 e. The first-order chi connectivity index (χ1) is 8.76. The second-order valence-corrected chi connectivity index (χ2v) is 4.51. The summed E-state index contributed by atoms with van der Waals surface area (Å²) in [5.41, 5.74) is 0.990.